The van der Waals surface area contributed by atoms with Crippen LogP contribution in [-0.4, -0.2) is 9.55 Å². The second kappa shape index (κ2) is 10.8. The molecule has 0 unspecified atom stereocenters. The van der Waals surface area contributed by atoms with Crippen molar-refractivity contribution >= 4 is 33.0 Å². The number of hydrogen-bond acceptors (Lipinski definition) is 2. The van der Waals surface area contributed by atoms with Gasteiger partial charge >= 0.3 is 0 Å². The summed E-state index contributed by atoms with van der Waals surface area (Å²) in [6.45, 7) is 0. The van der Waals surface area contributed by atoms with Crippen molar-refractivity contribution in [1.29, 1.82) is 0 Å². The van der Waals surface area contributed by atoms with E-state index in [9.17, 15) is 0 Å². The van der Waals surface area contributed by atoms with Crippen LogP contribution in [0, 0.1) is 0 Å². The number of rotatable bonds is 5. The Balaban J connectivity index is 1.35. The van der Waals surface area contributed by atoms with E-state index in [2.05, 4.69) is 162 Å². The number of hydrogen-bond donors (Lipinski definition) is 0. The SMILES string of the molecule is c1ccc(-c2ccccc2-c2cc(-c3cccc4c3oc3ccccc34)ccc2-c2nc3ccccc3n2-c2ccccc2)cc1. The van der Waals surface area contributed by atoms with Crippen LogP contribution < -0.4 is 0 Å². The van der Waals surface area contributed by atoms with E-state index in [4.69, 9.17) is 9.40 Å². The van der Waals surface area contributed by atoms with Crippen LogP contribution in [-0.2, 0) is 0 Å². The van der Waals surface area contributed by atoms with Crippen molar-refractivity contribution in [3.8, 4) is 50.5 Å². The molecule has 3 heteroatoms. The van der Waals surface area contributed by atoms with E-state index in [1.165, 1.54) is 11.1 Å². The molecule has 0 radical (unpaired) electrons. The van der Waals surface area contributed by atoms with Gasteiger partial charge in [-0.1, -0.05) is 127 Å². The summed E-state index contributed by atoms with van der Waals surface area (Å²) in [6, 6.07) is 59.6. The second-order valence-electron chi connectivity index (χ2n) is 11.5. The lowest BCUT2D eigenvalue weighted by atomic mass is 9.89. The van der Waals surface area contributed by atoms with Crippen molar-refractivity contribution in [2.45, 2.75) is 0 Å². The molecule has 0 aliphatic carbocycles. The molecule has 0 amide bonds. The summed E-state index contributed by atoms with van der Waals surface area (Å²) >= 11 is 0. The predicted molar refractivity (Wildman–Crippen MR) is 190 cm³/mol. The molecule has 46 heavy (non-hydrogen) atoms. The van der Waals surface area contributed by atoms with E-state index in [0.717, 1.165) is 72.3 Å². The predicted octanol–water partition coefficient (Wildman–Crippen LogP) is 11.6. The third-order valence-corrected chi connectivity index (χ3v) is 8.85. The lowest BCUT2D eigenvalue weighted by Gasteiger charge is -2.17. The van der Waals surface area contributed by atoms with Crippen molar-refractivity contribution in [2.75, 3.05) is 0 Å². The van der Waals surface area contributed by atoms with Crippen LogP contribution in [0.25, 0.3) is 83.4 Å². The molecule has 0 spiro atoms. The minimum atomic E-state index is 0.896. The Morgan fingerprint density at radius 3 is 1.98 bits per heavy atom. The number of nitrogens with zero attached hydrogens (tertiary/aromatic N) is 2. The Kier molecular flexibility index (Phi) is 6.14. The molecule has 0 aliphatic heterocycles. The van der Waals surface area contributed by atoms with E-state index < -0.39 is 0 Å². The summed E-state index contributed by atoms with van der Waals surface area (Å²) < 4.78 is 8.77. The molecule has 216 valence electrons. The Morgan fingerprint density at radius 2 is 1.11 bits per heavy atom. The standard InChI is InChI=1S/C43H28N2O/c1-3-14-29(15-4-1)32-18-7-8-19-34(32)38-28-30(33-21-13-22-36-35-20-9-12-25-41(35)46-42(33)36)26-27-37(38)43-44-39-23-10-11-24-40(39)45(43)31-16-5-2-6-17-31/h1-28H. The maximum Gasteiger partial charge on any atom is 0.146 e. The third-order valence-electron chi connectivity index (χ3n) is 8.85. The molecule has 0 aliphatic rings. The van der Waals surface area contributed by atoms with Crippen LogP contribution in [0.1, 0.15) is 0 Å². The number of aromatic nitrogens is 2. The van der Waals surface area contributed by atoms with Crippen molar-refractivity contribution in [3.63, 3.8) is 0 Å². The summed E-state index contributed by atoms with van der Waals surface area (Å²) in [4.78, 5) is 5.27. The monoisotopic (exact) mass is 588 g/mol. The molecule has 3 nitrogen and oxygen atoms in total. The van der Waals surface area contributed by atoms with Crippen LogP contribution in [0.5, 0.6) is 0 Å². The van der Waals surface area contributed by atoms with Crippen LogP contribution in [0.2, 0.25) is 0 Å². The van der Waals surface area contributed by atoms with Gasteiger partial charge in [0, 0.05) is 27.6 Å². The fourth-order valence-electron chi connectivity index (χ4n) is 6.74. The molecule has 0 N–H and O–H groups in total. The van der Waals surface area contributed by atoms with E-state index in [1.807, 2.05) is 12.1 Å². The summed E-state index contributed by atoms with van der Waals surface area (Å²) in [6.07, 6.45) is 0. The average Bonchev–Trinajstić information content (AvgIpc) is 3.71. The van der Waals surface area contributed by atoms with Gasteiger partial charge in [0.1, 0.15) is 17.0 Å². The molecule has 7 aromatic carbocycles. The first-order valence-corrected chi connectivity index (χ1v) is 15.6. The minimum Gasteiger partial charge on any atom is -0.455 e. The first-order chi connectivity index (χ1) is 22.8. The molecule has 2 heterocycles. The summed E-state index contributed by atoms with van der Waals surface area (Å²) in [7, 11) is 0. The first kappa shape index (κ1) is 26.2. The number of para-hydroxylation sites is 5. The largest absolute Gasteiger partial charge is 0.455 e. The molecule has 2 aromatic heterocycles. The van der Waals surface area contributed by atoms with Crippen molar-refractivity contribution in [1.82, 2.24) is 9.55 Å². The van der Waals surface area contributed by atoms with Gasteiger partial charge < -0.3 is 4.42 Å². The maximum atomic E-state index is 6.49. The smallest absolute Gasteiger partial charge is 0.146 e. The molecule has 0 saturated heterocycles. The third kappa shape index (κ3) is 4.25. The van der Waals surface area contributed by atoms with Gasteiger partial charge in [0.15, 0.2) is 0 Å². The Morgan fingerprint density at radius 1 is 0.435 bits per heavy atom. The molecule has 0 fully saturated rings. The fraction of sp³-hybridized carbons (Fsp3) is 0. The van der Waals surface area contributed by atoms with E-state index in [-0.39, 0.29) is 0 Å². The van der Waals surface area contributed by atoms with Crippen LogP contribution in [0.4, 0.5) is 0 Å². The van der Waals surface area contributed by atoms with Gasteiger partial charge in [-0.3, -0.25) is 4.57 Å². The van der Waals surface area contributed by atoms with E-state index in [0.29, 0.717) is 0 Å². The minimum absolute atomic E-state index is 0.896. The highest BCUT2D eigenvalue weighted by molar-refractivity contribution is 6.10. The molecule has 9 aromatic rings. The summed E-state index contributed by atoms with van der Waals surface area (Å²) in [5.41, 5.74) is 12.7. The maximum absolute atomic E-state index is 6.49. The van der Waals surface area contributed by atoms with Gasteiger partial charge in [-0.05, 0) is 70.3 Å². The highest BCUT2D eigenvalue weighted by Crippen LogP contribution is 2.43. The zero-order valence-electron chi connectivity index (χ0n) is 25.0. The molecule has 0 atom stereocenters. The van der Waals surface area contributed by atoms with E-state index >= 15 is 0 Å². The lowest BCUT2D eigenvalue weighted by molar-refractivity contribution is 0.670. The van der Waals surface area contributed by atoms with Gasteiger partial charge in [-0.2, -0.15) is 0 Å². The molecular weight excluding hydrogens is 560 g/mol. The zero-order chi connectivity index (χ0) is 30.5. The number of benzene rings is 7. The van der Waals surface area contributed by atoms with Crippen LogP contribution in [0.15, 0.2) is 174 Å². The Labute approximate surface area is 266 Å². The van der Waals surface area contributed by atoms with Crippen LogP contribution >= 0.6 is 0 Å². The van der Waals surface area contributed by atoms with Gasteiger partial charge in [0.2, 0.25) is 0 Å². The van der Waals surface area contributed by atoms with Crippen molar-refractivity contribution in [2.24, 2.45) is 0 Å². The van der Waals surface area contributed by atoms with Crippen LogP contribution in [0.3, 0.4) is 0 Å². The van der Waals surface area contributed by atoms with Gasteiger partial charge in [0.25, 0.3) is 0 Å². The van der Waals surface area contributed by atoms with Crippen molar-refractivity contribution < 1.29 is 4.42 Å². The Hall–Kier alpha value is -6.19. The second-order valence-corrected chi connectivity index (χ2v) is 11.5. The number of furan rings is 1. The first-order valence-electron chi connectivity index (χ1n) is 15.6. The van der Waals surface area contributed by atoms with Gasteiger partial charge in [0.05, 0.1) is 11.0 Å². The number of imidazole rings is 1. The highest BCUT2D eigenvalue weighted by Gasteiger charge is 2.21. The quantitative estimate of drug-likeness (QED) is 0.200. The summed E-state index contributed by atoms with van der Waals surface area (Å²) in [5.74, 6) is 0.902. The summed E-state index contributed by atoms with van der Waals surface area (Å²) in [5, 5.41) is 2.25. The highest BCUT2D eigenvalue weighted by atomic mass is 16.3. The Bertz CT molecular complexity index is 2520. The zero-order valence-corrected chi connectivity index (χ0v) is 25.0. The average molecular weight is 589 g/mol. The molecule has 0 saturated carbocycles. The van der Waals surface area contributed by atoms with Crippen molar-refractivity contribution in [3.05, 3.63) is 170 Å². The molecule has 0 bridgehead atoms. The van der Waals surface area contributed by atoms with E-state index in [1.54, 1.807) is 0 Å². The molecule has 9 rings (SSSR count). The van der Waals surface area contributed by atoms with Gasteiger partial charge in [-0.15, -0.1) is 0 Å². The topological polar surface area (TPSA) is 31.0 Å². The molecular formula is C43H28N2O. The fourth-order valence-corrected chi connectivity index (χ4v) is 6.74. The van der Waals surface area contributed by atoms with Gasteiger partial charge in [-0.25, -0.2) is 4.98 Å². The normalized spacial score (nSPS) is 11.5. The lowest BCUT2D eigenvalue weighted by Crippen LogP contribution is -1.99. The number of fused-ring (bicyclic) bond motifs is 4.